The summed E-state index contributed by atoms with van der Waals surface area (Å²) in [5, 5.41) is 0. The van der Waals surface area contributed by atoms with Crippen molar-refractivity contribution in [3.05, 3.63) is 51.5 Å². The average molecular weight is 313 g/mol. The molecule has 0 unspecified atom stereocenters. The summed E-state index contributed by atoms with van der Waals surface area (Å²) in [4.78, 5) is 4.39. The Kier molecular flexibility index (Phi) is 2.99. The van der Waals surface area contributed by atoms with Crippen LogP contribution in [0, 0.1) is 0 Å². The molecule has 3 heteroatoms. The maximum atomic E-state index is 4.39. The Morgan fingerprint density at radius 1 is 0.857 bits per heavy atom. The Balaban J connectivity index is 2.55. The second-order valence-electron chi connectivity index (χ2n) is 2.83. The van der Waals surface area contributed by atoms with E-state index in [1.807, 2.05) is 42.5 Å². The van der Waals surface area contributed by atoms with E-state index in [9.17, 15) is 0 Å². The van der Waals surface area contributed by atoms with Crippen molar-refractivity contribution in [1.29, 1.82) is 0 Å². The van der Waals surface area contributed by atoms with Crippen molar-refractivity contribution >= 4 is 31.9 Å². The topological polar surface area (TPSA) is 12.9 Å². The summed E-state index contributed by atoms with van der Waals surface area (Å²) in [5.74, 6) is 0. The number of pyridine rings is 1. The molecular formula is C11H7Br2N. The molecule has 2 aromatic rings. The molecule has 1 aromatic heterocycles. The van der Waals surface area contributed by atoms with E-state index in [-0.39, 0.29) is 0 Å². The van der Waals surface area contributed by atoms with Gasteiger partial charge in [0.1, 0.15) is 4.60 Å². The predicted octanol–water partition coefficient (Wildman–Crippen LogP) is 4.27. The van der Waals surface area contributed by atoms with Crippen molar-refractivity contribution in [3.63, 3.8) is 0 Å². The molecule has 0 aliphatic carbocycles. The van der Waals surface area contributed by atoms with E-state index in [4.69, 9.17) is 0 Å². The molecule has 0 bridgehead atoms. The van der Waals surface area contributed by atoms with Crippen LogP contribution in [0.15, 0.2) is 51.5 Å². The van der Waals surface area contributed by atoms with Crippen LogP contribution in [-0.2, 0) is 0 Å². The summed E-state index contributed by atoms with van der Waals surface area (Å²) in [5.41, 5.74) is 2.07. The molecule has 1 aromatic carbocycles. The summed E-state index contributed by atoms with van der Waals surface area (Å²) >= 11 is 6.86. The number of halogens is 2. The Morgan fingerprint density at radius 2 is 1.64 bits per heavy atom. The van der Waals surface area contributed by atoms with Gasteiger partial charge in [0.15, 0.2) is 0 Å². The summed E-state index contributed by atoms with van der Waals surface area (Å²) in [6.45, 7) is 0. The fourth-order valence-corrected chi connectivity index (χ4v) is 2.06. The number of hydrogen-bond donors (Lipinski definition) is 0. The molecule has 2 rings (SSSR count). The molecule has 14 heavy (non-hydrogen) atoms. The first kappa shape index (κ1) is 9.87. The molecule has 0 saturated heterocycles. The number of rotatable bonds is 1. The van der Waals surface area contributed by atoms with Crippen LogP contribution in [-0.4, -0.2) is 4.98 Å². The van der Waals surface area contributed by atoms with Gasteiger partial charge in [-0.05, 0) is 34.1 Å². The first-order valence-corrected chi connectivity index (χ1v) is 5.73. The molecule has 0 atom stereocenters. The molecule has 0 spiro atoms. The lowest BCUT2D eigenvalue weighted by Crippen LogP contribution is -1.84. The van der Waals surface area contributed by atoms with Gasteiger partial charge in [0.05, 0.1) is 5.69 Å². The Bertz CT molecular complexity index is 455. The molecule has 0 aliphatic rings. The lowest BCUT2D eigenvalue weighted by molar-refractivity contribution is 1.27. The molecule has 0 aliphatic heterocycles. The highest BCUT2D eigenvalue weighted by Gasteiger charge is 2.02. The van der Waals surface area contributed by atoms with Crippen molar-refractivity contribution in [2.45, 2.75) is 0 Å². The van der Waals surface area contributed by atoms with Crippen LogP contribution < -0.4 is 0 Å². The van der Waals surface area contributed by atoms with E-state index in [0.717, 1.165) is 20.3 Å². The highest BCUT2D eigenvalue weighted by molar-refractivity contribution is 9.10. The third-order valence-electron chi connectivity index (χ3n) is 1.86. The standard InChI is InChI=1S/C11H7Br2N/c12-9-5-2-1-4-8(9)10-6-3-7-11(13)14-10/h1-7H. The third kappa shape index (κ3) is 2.04. The number of hydrogen-bond acceptors (Lipinski definition) is 1. The minimum absolute atomic E-state index is 0.853. The Labute approximate surface area is 99.4 Å². The third-order valence-corrected chi connectivity index (χ3v) is 3.00. The first-order valence-electron chi connectivity index (χ1n) is 4.15. The summed E-state index contributed by atoms with van der Waals surface area (Å²) < 4.78 is 1.91. The maximum absolute atomic E-state index is 4.39. The molecule has 0 amide bonds. The van der Waals surface area contributed by atoms with Crippen LogP contribution in [0.2, 0.25) is 0 Å². The van der Waals surface area contributed by atoms with Crippen LogP contribution in [0.1, 0.15) is 0 Å². The summed E-state index contributed by atoms with van der Waals surface area (Å²) in [7, 11) is 0. The number of nitrogens with zero attached hydrogens (tertiary/aromatic N) is 1. The zero-order valence-electron chi connectivity index (χ0n) is 7.24. The average Bonchev–Trinajstić information content (AvgIpc) is 2.18. The van der Waals surface area contributed by atoms with Crippen molar-refractivity contribution in [1.82, 2.24) is 4.98 Å². The maximum Gasteiger partial charge on any atom is 0.106 e. The van der Waals surface area contributed by atoms with Gasteiger partial charge in [0.25, 0.3) is 0 Å². The highest BCUT2D eigenvalue weighted by atomic mass is 79.9. The molecule has 1 heterocycles. The van der Waals surface area contributed by atoms with Gasteiger partial charge in [-0.15, -0.1) is 0 Å². The molecule has 0 fully saturated rings. The van der Waals surface area contributed by atoms with E-state index < -0.39 is 0 Å². The van der Waals surface area contributed by atoms with E-state index in [0.29, 0.717) is 0 Å². The van der Waals surface area contributed by atoms with Gasteiger partial charge in [-0.2, -0.15) is 0 Å². The molecular weight excluding hydrogens is 306 g/mol. The van der Waals surface area contributed by atoms with Gasteiger partial charge in [0.2, 0.25) is 0 Å². The van der Waals surface area contributed by atoms with Crippen LogP contribution in [0.3, 0.4) is 0 Å². The fourth-order valence-electron chi connectivity index (χ4n) is 1.23. The van der Waals surface area contributed by atoms with Crippen LogP contribution in [0.4, 0.5) is 0 Å². The molecule has 1 nitrogen and oxygen atoms in total. The fraction of sp³-hybridized carbons (Fsp3) is 0. The zero-order chi connectivity index (χ0) is 9.97. The first-order chi connectivity index (χ1) is 6.77. The van der Waals surface area contributed by atoms with Crippen molar-refractivity contribution in [3.8, 4) is 11.3 Å². The summed E-state index contributed by atoms with van der Waals surface area (Å²) in [6.07, 6.45) is 0. The quantitative estimate of drug-likeness (QED) is 0.716. The van der Waals surface area contributed by atoms with Gasteiger partial charge in [-0.25, -0.2) is 4.98 Å². The Morgan fingerprint density at radius 3 is 2.36 bits per heavy atom. The number of benzene rings is 1. The van der Waals surface area contributed by atoms with Crippen LogP contribution in [0.25, 0.3) is 11.3 Å². The monoisotopic (exact) mass is 311 g/mol. The SMILES string of the molecule is Brc1cccc(-c2ccccc2Br)n1. The zero-order valence-corrected chi connectivity index (χ0v) is 10.4. The van der Waals surface area contributed by atoms with E-state index in [2.05, 4.69) is 36.8 Å². The van der Waals surface area contributed by atoms with Crippen LogP contribution >= 0.6 is 31.9 Å². The lowest BCUT2D eigenvalue weighted by Gasteiger charge is -2.03. The largest absolute Gasteiger partial charge is 0.241 e. The highest BCUT2D eigenvalue weighted by Crippen LogP contribution is 2.26. The van der Waals surface area contributed by atoms with Gasteiger partial charge < -0.3 is 0 Å². The molecule has 70 valence electrons. The smallest absolute Gasteiger partial charge is 0.106 e. The lowest BCUT2D eigenvalue weighted by atomic mass is 10.1. The second kappa shape index (κ2) is 4.24. The van der Waals surface area contributed by atoms with Crippen molar-refractivity contribution in [2.75, 3.05) is 0 Å². The molecule has 0 radical (unpaired) electrons. The molecule has 0 N–H and O–H groups in total. The van der Waals surface area contributed by atoms with Gasteiger partial charge >= 0.3 is 0 Å². The predicted molar refractivity (Wildman–Crippen MR) is 65.1 cm³/mol. The van der Waals surface area contributed by atoms with Gasteiger partial charge in [-0.1, -0.05) is 40.2 Å². The Hall–Kier alpha value is -0.670. The second-order valence-corrected chi connectivity index (χ2v) is 4.49. The van der Waals surface area contributed by atoms with Crippen molar-refractivity contribution in [2.24, 2.45) is 0 Å². The van der Waals surface area contributed by atoms with Gasteiger partial charge in [-0.3, -0.25) is 0 Å². The minimum atomic E-state index is 0.853. The van der Waals surface area contributed by atoms with Crippen LogP contribution in [0.5, 0.6) is 0 Å². The van der Waals surface area contributed by atoms with Gasteiger partial charge in [0, 0.05) is 10.0 Å². The minimum Gasteiger partial charge on any atom is -0.241 e. The normalized spacial score (nSPS) is 10.1. The van der Waals surface area contributed by atoms with Crippen molar-refractivity contribution < 1.29 is 0 Å². The van der Waals surface area contributed by atoms with E-state index in [1.165, 1.54) is 0 Å². The summed E-state index contributed by atoms with van der Waals surface area (Å²) in [6, 6.07) is 13.9. The van der Waals surface area contributed by atoms with E-state index >= 15 is 0 Å². The number of aromatic nitrogens is 1. The molecule has 0 saturated carbocycles. The van der Waals surface area contributed by atoms with E-state index in [1.54, 1.807) is 0 Å².